The third-order valence-electron chi connectivity index (χ3n) is 1.96. The first-order chi connectivity index (χ1) is 7.27. The standard InChI is InChI=1S/C10H7BrF4O/c1-2-8(16)6-3-5(11)4-7(9(6)12)10(13,14)15/h3-4H,2H2,1H3. The number of ketones is 1. The van der Waals surface area contributed by atoms with Gasteiger partial charge in [0.2, 0.25) is 0 Å². The molecule has 0 spiro atoms. The van der Waals surface area contributed by atoms with E-state index in [1.165, 1.54) is 6.92 Å². The van der Waals surface area contributed by atoms with Crippen LogP contribution in [0.1, 0.15) is 29.3 Å². The number of benzene rings is 1. The number of halogens is 5. The van der Waals surface area contributed by atoms with Crippen molar-refractivity contribution in [2.45, 2.75) is 19.5 Å². The van der Waals surface area contributed by atoms with Crippen molar-refractivity contribution in [3.8, 4) is 0 Å². The Morgan fingerprint density at radius 3 is 2.38 bits per heavy atom. The number of carbonyl (C=O) groups is 1. The summed E-state index contributed by atoms with van der Waals surface area (Å²) >= 11 is 2.82. The average Bonchev–Trinajstić information content (AvgIpc) is 2.18. The van der Waals surface area contributed by atoms with Gasteiger partial charge in [-0.2, -0.15) is 13.2 Å². The molecule has 1 aromatic rings. The molecule has 0 unspecified atom stereocenters. The Hall–Kier alpha value is -0.910. The minimum Gasteiger partial charge on any atom is -0.294 e. The minimum absolute atomic E-state index is 0.0259. The van der Waals surface area contributed by atoms with Gasteiger partial charge in [-0.1, -0.05) is 22.9 Å². The Balaban J connectivity index is 3.44. The van der Waals surface area contributed by atoms with Gasteiger partial charge in [0.05, 0.1) is 11.1 Å². The molecule has 0 atom stereocenters. The number of rotatable bonds is 2. The highest BCUT2D eigenvalue weighted by Gasteiger charge is 2.36. The van der Waals surface area contributed by atoms with Crippen molar-refractivity contribution in [2.75, 3.05) is 0 Å². The fraction of sp³-hybridized carbons (Fsp3) is 0.300. The van der Waals surface area contributed by atoms with E-state index in [4.69, 9.17) is 0 Å². The summed E-state index contributed by atoms with van der Waals surface area (Å²) in [6, 6.07) is 1.66. The normalized spacial score (nSPS) is 11.6. The first kappa shape index (κ1) is 13.2. The monoisotopic (exact) mass is 298 g/mol. The van der Waals surface area contributed by atoms with Crippen LogP contribution in [-0.2, 0) is 6.18 Å². The summed E-state index contributed by atoms with van der Waals surface area (Å²) in [7, 11) is 0. The Kier molecular flexibility index (Phi) is 3.72. The zero-order chi connectivity index (χ0) is 12.5. The molecule has 1 rings (SSSR count). The van der Waals surface area contributed by atoms with Gasteiger partial charge in [-0.25, -0.2) is 4.39 Å². The number of hydrogen-bond acceptors (Lipinski definition) is 1. The van der Waals surface area contributed by atoms with Crippen molar-refractivity contribution in [3.05, 3.63) is 33.5 Å². The van der Waals surface area contributed by atoms with Crippen LogP contribution in [0.3, 0.4) is 0 Å². The molecule has 1 nitrogen and oxygen atoms in total. The molecule has 0 N–H and O–H groups in total. The Bertz CT molecular complexity index is 426. The van der Waals surface area contributed by atoms with E-state index in [1.807, 2.05) is 0 Å². The highest BCUT2D eigenvalue weighted by Crippen LogP contribution is 2.34. The molecule has 0 heterocycles. The van der Waals surface area contributed by atoms with Gasteiger partial charge in [-0.3, -0.25) is 4.79 Å². The second-order valence-electron chi connectivity index (χ2n) is 3.09. The first-order valence-corrected chi connectivity index (χ1v) is 5.16. The Morgan fingerprint density at radius 1 is 1.38 bits per heavy atom. The molecular weight excluding hydrogens is 292 g/mol. The van der Waals surface area contributed by atoms with Crippen molar-refractivity contribution in [1.29, 1.82) is 0 Å². The lowest BCUT2D eigenvalue weighted by Gasteiger charge is -2.11. The van der Waals surface area contributed by atoms with Gasteiger partial charge in [-0.05, 0) is 12.1 Å². The van der Waals surface area contributed by atoms with Crippen LogP contribution in [0.4, 0.5) is 17.6 Å². The van der Waals surface area contributed by atoms with Gasteiger partial charge in [0.1, 0.15) is 5.82 Å². The maximum Gasteiger partial charge on any atom is 0.419 e. The molecule has 6 heteroatoms. The fourth-order valence-corrected chi connectivity index (χ4v) is 1.65. The Morgan fingerprint density at radius 2 is 1.94 bits per heavy atom. The van der Waals surface area contributed by atoms with Crippen molar-refractivity contribution >= 4 is 21.7 Å². The van der Waals surface area contributed by atoms with Crippen LogP contribution < -0.4 is 0 Å². The number of Topliss-reactive ketones (excluding diaryl/α,β-unsaturated/α-hetero) is 1. The predicted octanol–water partition coefficient (Wildman–Crippen LogP) is 4.20. The summed E-state index contributed by atoms with van der Waals surface area (Å²) < 4.78 is 50.7. The van der Waals surface area contributed by atoms with Gasteiger partial charge >= 0.3 is 6.18 Å². The lowest BCUT2D eigenvalue weighted by Crippen LogP contribution is -2.12. The smallest absolute Gasteiger partial charge is 0.294 e. The van der Waals surface area contributed by atoms with Crippen molar-refractivity contribution in [1.82, 2.24) is 0 Å². The molecule has 0 bridgehead atoms. The fourth-order valence-electron chi connectivity index (χ4n) is 1.19. The second kappa shape index (κ2) is 4.53. The third-order valence-corrected chi connectivity index (χ3v) is 2.42. The van der Waals surface area contributed by atoms with Gasteiger partial charge in [-0.15, -0.1) is 0 Å². The second-order valence-corrected chi connectivity index (χ2v) is 4.01. The summed E-state index contributed by atoms with van der Waals surface area (Å²) in [4.78, 5) is 11.2. The molecule has 0 aromatic heterocycles. The van der Waals surface area contributed by atoms with Gasteiger partial charge in [0.15, 0.2) is 5.78 Å². The van der Waals surface area contributed by atoms with E-state index < -0.39 is 28.9 Å². The number of alkyl halides is 3. The zero-order valence-electron chi connectivity index (χ0n) is 8.16. The molecule has 0 aliphatic rings. The van der Waals surface area contributed by atoms with Crippen LogP contribution in [0.2, 0.25) is 0 Å². The highest BCUT2D eigenvalue weighted by atomic mass is 79.9. The molecule has 0 radical (unpaired) electrons. The third kappa shape index (κ3) is 2.61. The molecule has 0 saturated carbocycles. The van der Waals surface area contributed by atoms with Crippen LogP contribution in [0.25, 0.3) is 0 Å². The lowest BCUT2D eigenvalue weighted by atomic mass is 10.0. The molecule has 0 aliphatic carbocycles. The predicted molar refractivity (Wildman–Crippen MR) is 53.7 cm³/mol. The summed E-state index contributed by atoms with van der Waals surface area (Å²) in [5.74, 6) is -2.17. The molecule has 0 saturated heterocycles. The maximum absolute atomic E-state index is 13.4. The van der Waals surface area contributed by atoms with Crippen molar-refractivity contribution in [2.24, 2.45) is 0 Å². The van der Waals surface area contributed by atoms with Gasteiger partial charge in [0.25, 0.3) is 0 Å². The van der Waals surface area contributed by atoms with Crippen molar-refractivity contribution < 1.29 is 22.4 Å². The molecule has 1 aromatic carbocycles. The number of hydrogen-bond donors (Lipinski definition) is 0. The van der Waals surface area contributed by atoms with E-state index in [0.29, 0.717) is 6.07 Å². The van der Waals surface area contributed by atoms with E-state index in [1.54, 1.807) is 0 Å². The van der Waals surface area contributed by atoms with Crippen LogP contribution in [0.5, 0.6) is 0 Å². The summed E-state index contributed by atoms with van der Waals surface area (Å²) in [6.07, 6.45) is -4.86. The maximum atomic E-state index is 13.4. The summed E-state index contributed by atoms with van der Waals surface area (Å²) in [6.45, 7) is 1.45. The summed E-state index contributed by atoms with van der Waals surface area (Å²) in [5.41, 5.74) is -1.97. The van der Waals surface area contributed by atoms with Crippen LogP contribution in [0.15, 0.2) is 16.6 Å². The largest absolute Gasteiger partial charge is 0.419 e. The SMILES string of the molecule is CCC(=O)c1cc(Br)cc(C(F)(F)F)c1F. The minimum atomic E-state index is -4.81. The molecule has 0 aliphatic heterocycles. The Labute approximate surface area is 97.6 Å². The van der Waals surface area contributed by atoms with E-state index in [2.05, 4.69) is 15.9 Å². The van der Waals surface area contributed by atoms with Crippen molar-refractivity contribution in [3.63, 3.8) is 0 Å². The van der Waals surface area contributed by atoms with E-state index >= 15 is 0 Å². The zero-order valence-corrected chi connectivity index (χ0v) is 9.75. The quantitative estimate of drug-likeness (QED) is 0.591. The first-order valence-electron chi connectivity index (χ1n) is 4.36. The topological polar surface area (TPSA) is 17.1 Å². The number of carbonyl (C=O) groups excluding carboxylic acids is 1. The van der Waals surface area contributed by atoms with Crippen LogP contribution >= 0.6 is 15.9 Å². The average molecular weight is 299 g/mol. The molecular formula is C10H7BrF4O. The van der Waals surface area contributed by atoms with E-state index in [0.717, 1.165) is 6.07 Å². The highest BCUT2D eigenvalue weighted by molar-refractivity contribution is 9.10. The molecule has 0 fully saturated rings. The molecule has 88 valence electrons. The van der Waals surface area contributed by atoms with Gasteiger partial charge in [0, 0.05) is 10.9 Å². The molecule has 16 heavy (non-hydrogen) atoms. The van der Waals surface area contributed by atoms with Crippen LogP contribution in [-0.4, -0.2) is 5.78 Å². The van der Waals surface area contributed by atoms with Gasteiger partial charge < -0.3 is 0 Å². The van der Waals surface area contributed by atoms with Crippen LogP contribution in [0, 0.1) is 5.82 Å². The lowest BCUT2D eigenvalue weighted by molar-refractivity contribution is -0.140. The van der Waals surface area contributed by atoms with E-state index in [-0.39, 0.29) is 10.9 Å². The van der Waals surface area contributed by atoms with E-state index in [9.17, 15) is 22.4 Å². The molecule has 0 amide bonds. The summed E-state index contributed by atoms with van der Waals surface area (Å²) in [5, 5.41) is 0.